The zero-order valence-electron chi connectivity index (χ0n) is 14.1. The minimum Gasteiger partial charge on any atom is -0.334 e. The third-order valence-electron chi connectivity index (χ3n) is 4.61. The highest BCUT2D eigenvalue weighted by Gasteiger charge is 2.30. The van der Waals surface area contributed by atoms with Crippen LogP contribution < -0.4 is 0 Å². The monoisotopic (exact) mass is 367 g/mol. The van der Waals surface area contributed by atoms with Crippen LogP contribution >= 0.6 is 11.3 Å². The van der Waals surface area contributed by atoms with Crippen molar-refractivity contribution in [2.24, 2.45) is 0 Å². The van der Waals surface area contributed by atoms with Crippen LogP contribution in [0.15, 0.2) is 54.0 Å². The molecule has 1 saturated heterocycles. The van der Waals surface area contributed by atoms with Crippen LogP contribution in [0.4, 0.5) is 4.39 Å². The average Bonchev–Trinajstić information content (AvgIpc) is 3.32. The largest absolute Gasteiger partial charge is 0.334 e. The van der Waals surface area contributed by atoms with E-state index in [-0.39, 0.29) is 17.8 Å². The highest BCUT2D eigenvalue weighted by molar-refractivity contribution is 7.13. The number of rotatable bonds is 4. The van der Waals surface area contributed by atoms with Crippen molar-refractivity contribution in [3.05, 3.63) is 71.1 Å². The highest BCUT2D eigenvalue weighted by atomic mass is 32.1. The molecule has 1 amide bonds. The summed E-state index contributed by atoms with van der Waals surface area (Å²) < 4.78 is 13.4. The van der Waals surface area contributed by atoms with Gasteiger partial charge in [-0.25, -0.2) is 9.37 Å². The molecule has 0 bridgehead atoms. The number of carbonyl (C=O) groups excluding carboxylic acids is 1. The van der Waals surface area contributed by atoms with E-state index in [4.69, 9.17) is 0 Å². The van der Waals surface area contributed by atoms with Gasteiger partial charge in [0.2, 0.25) is 0 Å². The molecule has 6 heteroatoms. The summed E-state index contributed by atoms with van der Waals surface area (Å²) in [6.45, 7) is 0.718. The fourth-order valence-corrected chi connectivity index (χ4v) is 4.15. The molecule has 26 heavy (non-hydrogen) atoms. The van der Waals surface area contributed by atoms with Gasteiger partial charge >= 0.3 is 0 Å². The molecule has 3 heterocycles. The second-order valence-electron chi connectivity index (χ2n) is 6.38. The number of amides is 1. The van der Waals surface area contributed by atoms with Gasteiger partial charge in [0.25, 0.3) is 5.91 Å². The van der Waals surface area contributed by atoms with Crippen LogP contribution in [0, 0.1) is 5.82 Å². The molecule has 0 radical (unpaired) electrons. The first-order valence-electron chi connectivity index (χ1n) is 8.63. The number of benzene rings is 1. The Balaban J connectivity index is 1.51. The van der Waals surface area contributed by atoms with Gasteiger partial charge in [-0.15, -0.1) is 11.3 Å². The number of aromatic nitrogens is 2. The summed E-state index contributed by atoms with van der Waals surface area (Å²) >= 11 is 1.43. The molecular weight excluding hydrogens is 349 g/mol. The van der Waals surface area contributed by atoms with E-state index in [1.165, 1.54) is 17.4 Å². The molecule has 4 rings (SSSR count). The van der Waals surface area contributed by atoms with Crippen LogP contribution in [0.5, 0.6) is 0 Å². The summed E-state index contributed by atoms with van der Waals surface area (Å²) in [6, 6.07) is 12.3. The third kappa shape index (κ3) is 3.51. The van der Waals surface area contributed by atoms with Gasteiger partial charge < -0.3 is 4.90 Å². The molecule has 1 atom stereocenters. The molecule has 0 N–H and O–H groups in total. The third-order valence-corrected chi connectivity index (χ3v) is 5.47. The van der Waals surface area contributed by atoms with Crippen molar-refractivity contribution in [1.29, 1.82) is 0 Å². The van der Waals surface area contributed by atoms with Crippen LogP contribution in [0.1, 0.15) is 28.9 Å². The van der Waals surface area contributed by atoms with Gasteiger partial charge in [0.05, 0.1) is 5.69 Å². The smallest absolute Gasteiger partial charge is 0.273 e. The summed E-state index contributed by atoms with van der Waals surface area (Å²) in [7, 11) is 0. The maximum atomic E-state index is 13.4. The predicted molar refractivity (Wildman–Crippen MR) is 99.5 cm³/mol. The molecule has 1 fully saturated rings. The van der Waals surface area contributed by atoms with E-state index in [1.807, 2.05) is 29.2 Å². The summed E-state index contributed by atoms with van der Waals surface area (Å²) in [5, 5.41) is 2.54. The van der Waals surface area contributed by atoms with E-state index in [0.717, 1.165) is 35.7 Å². The topological polar surface area (TPSA) is 46.1 Å². The minimum absolute atomic E-state index is 0.0534. The Morgan fingerprint density at radius 2 is 2.19 bits per heavy atom. The summed E-state index contributed by atoms with van der Waals surface area (Å²) in [5.41, 5.74) is 2.15. The molecule has 1 aromatic carbocycles. The summed E-state index contributed by atoms with van der Waals surface area (Å²) in [5.74, 6) is -0.291. The van der Waals surface area contributed by atoms with Gasteiger partial charge in [0.15, 0.2) is 0 Å². The SMILES string of the molecule is O=C(c1csc(-c2ccccn2)n1)N1CCCC1Cc1cccc(F)c1. The van der Waals surface area contributed by atoms with Crippen LogP contribution in [0.3, 0.4) is 0 Å². The van der Waals surface area contributed by atoms with E-state index in [1.54, 1.807) is 23.7 Å². The Labute approximate surface area is 155 Å². The van der Waals surface area contributed by atoms with E-state index in [0.29, 0.717) is 12.1 Å². The first-order chi connectivity index (χ1) is 12.7. The fourth-order valence-electron chi connectivity index (χ4n) is 3.38. The van der Waals surface area contributed by atoms with Crippen LogP contribution in [0.25, 0.3) is 10.7 Å². The Kier molecular flexibility index (Phi) is 4.75. The quantitative estimate of drug-likeness (QED) is 0.695. The van der Waals surface area contributed by atoms with E-state index < -0.39 is 0 Å². The molecule has 2 aromatic heterocycles. The Morgan fingerprint density at radius 1 is 1.27 bits per heavy atom. The van der Waals surface area contributed by atoms with Crippen molar-refractivity contribution in [2.75, 3.05) is 6.54 Å². The first-order valence-corrected chi connectivity index (χ1v) is 9.51. The second kappa shape index (κ2) is 7.33. The lowest BCUT2D eigenvalue weighted by molar-refractivity contribution is 0.0731. The van der Waals surface area contributed by atoms with Crippen molar-refractivity contribution in [2.45, 2.75) is 25.3 Å². The van der Waals surface area contributed by atoms with Gasteiger partial charge in [0, 0.05) is 24.2 Å². The molecule has 0 aliphatic carbocycles. The molecule has 1 aliphatic rings. The lowest BCUT2D eigenvalue weighted by Gasteiger charge is -2.24. The van der Waals surface area contributed by atoms with Crippen molar-refractivity contribution < 1.29 is 9.18 Å². The van der Waals surface area contributed by atoms with Crippen molar-refractivity contribution >= 4 is 17.2 Å². The maximum absolute atomic E-state index is 13.4. The van der Waals surface area contributed by atoms with Crippen molar-refractivity contribution in [3.8, 4) is 10.7 Å². The molecule has 1 unspecified atom stereocenters. The summed E-state index contributed by atoms with van der Waals surface area (Å²) in [6.07, 6.45) is 4.27. The number of carbonyl (C=O) groups is 1. The molecule has 1 aliphatic heterocycles. The van der Waals surface area contributed by atoms with Crippen molar-refractivity contribution in [3.63, 3.8) is 0 Å². The lowest BCUT2D eigenvalue weighted by atomic mass is 10.0. The molecule has 3 aromatic rings. The molecule has 0 spiro atoms. The molecule has 132 valence electrons. The number of nitrogens with zero attached hydrogens (tertiary/aromatic N) is 3. The standard InChI is InChI=1S/C20H18FN3OS/c21-15-6-3-5-14(11-15)12-16-7-4-10-24(16)20(25)18-13-26-19(23-18)17-8-1-2-9-22-17/h1-3,5-6,8-9,11,13,16H,4,7,10,12H2. The van der Waals surface area contributed by atoms with Gasteiger partial charge in [0.1, 0.15) is 16.5 Å². The van der Waals surface area contributed by atoms with E-state index >= 15 is 0 Å². The average molecular weight is 367 g/mol. The van der Waals surface area contributed by atoms with Gasteiger partial charge in [-0.1, -0.05) is 18.2 Å². The number of likely N-dealkylation sites (tertiary alicyclic amines) is 1. The number of thiazole rings is 1. The number of hydrogen-bond acceptors (Lipinski definition) is 4. The zero-order chi connectivity index (χ0) is 17.9. The first kappa shape index (κ1) is 16.8. The van der Waals surface area contributed by atoms with Crippen LogP contribution in [-0.4, -0.2) is 33.4 Å². The van der Waals surface area contributed by atoms with Crippen LogP contribution in [0.2, 0.25) is 0 Å². The molecular formula is C20H18FN3OS. The summed E-state index contributed by atoms with van der Waals surface area (Å²) in [4.78, 5) is 23.6. The Hall–Kier alpha value is -2.60. The second-order valence-corrected chi connectivity index (χ2v) is 7.24. The van der Waals surface area contributed by atoms with E-state index in [9.17, 15) is 9.18 Å². The fraction of sp³-hybridized carbons (Fsp3) is 0.250. The predicted octanol–water partition coefficient (Wildman–Crippen LogP) is 4.19. The van der Waals surface area contributed by atoms with Crippen LogP contribution in [-0.2, 0) is 6.42 Å². The Bertz CT molecular complexity index is 912. The van der Waals surface area contributed by atoms with Gasteiger partial charge in [-0.2, -0.15) is 0 Å². The lowest BCUT2D eigenvalue weighted by Crippen LogP contribution is -2.37. The maximum Gasteiger partial charge on any atom is 0.273 e. The number of pyridine rings is 1. The van der Waals surface area contributed by atoms with Gasteiger partial charge in [-0.3, -0.25) is 9.78 Å². The molecule has 0 saturated carbocycles. The highest BCUT2D eigenvalue weighted by Crippen LogP contribution is 2.26. The normalized spacial score (nSPS) is 16.8. The van der Waals surface area contributed by atoms with Crippen molar-refractivity contribution in [1.82, 2.24) is 14.9 Å². The minimum atomic E-state index is -0.238. The van der Waals surface area contributed by atoms with E-state index in [2.05, 4.69) is 9.97 Å². The number of halogens is 1. The zero-order valence-corrected chi connectivity index (χ0v) is 15.0. The Morgan fingerprint density at radius 3 is 3.00 bits per heavy atom. The number of hydrogen-bond donors (Lipinski definition) is 0. The van der Waals surface area contributed by atoms with Gasteiger partial charge in [-0.05, 0) is 49.1 Å². The molecule has 4 nitrogen and oxygen atoms in total.